The minimum Gasteiger partial charge on any atom is -0.425 e. The Balaban J connectivity index is 1.85. The number of hydrogen-bond donors (Lipinski definition) is 0. The molecule has 0 saturated carbocycles. The summed E-state index contributed by atoms with van der Waals surface area (Å²) in [5.74, 6) is -0.516. The molecule has 0 aliphatic heterocycles. The number of ether oxygens (including phenoxy) is 3. The smallest absolute Gasteiger partial charge is 0.425 e. The van der Waals surface area contributed by atoms with Gasteiger partial charge in [-0.05, 0) is 29.8 Å². The zero-order valence-corrected chi connectivity index (χ0v) is 21.5. The van der Waals surface area contributed by atoms with Crippen LogP contribution < -0.4 is 20.7 Å². The maximum atomic E-state index is 13.4. The van der Waals surface area contributed by atoms with Gasteiger partial charge in [0.05, 0.1) is 19.7 Å². The molecule has 37 heavy (non-hydrogen) atoms. The van der Waals surface area contributed by atoms with Crippen LogP contribution in [0.25, 0.3) is 11.2 Å². The number of nitrogens with zero attached hydrogens (tertiary/aromatic N) is 4. The van der Waals surface area contributed by atoms with Gasteiger partial charge in [0.2, 0.25) is 0 Å². The monoisotopic (exact) mass is 602 g/mol. The average molecular weight is 604 g/mol. The number of imidazole rings is 1. The molecule has 0 aliphatic rings. The van der Waals surface area contributed by atoms with Crippen molar-refractivity contribution in [1.82, 2.24) is 18.7 Å². The summed E-state index contributed by atoms with van der Waals surface area (Å²) in [6.45, 7) is 0.186. The third-order valence-electron chi connectivity index (χ3n) is 5.24. The number of fused-ring (bicyclic) bond motifs is 1. The summed E-state index contributed by atoms with van der Waals surface area (Å²) in [5, 5.41) is 0.508. The van der Waals surface area contributed by atoms with Crippen molar-refractivity contribution in [3.8, 4) is 17.5 Å². The Bertz CT molecular complexity index is 1530. The molecule has 4 aromatic rings. The molecule has 0 unspecified atom stereocenters. The molecule has 4 rings (SSSR count). The molecule has 2 aromatic heterocycles. The quantitative estimate of drug-likeness (QED) is 0.204. The molecule has 0 saturated heterocycles. The first kappa shape index (κ1) is 26.8. The molecule has 0 atom stereocenters. The first-order valence-corrected chi connectivity index (χ1v) is 12.2. The molecule has 0 N–H and O–H groups in total. The minimum atomic E-state index is -4.89. The van der Waals surface area contributed by atoms with Gasteiger partial charge in [0, 0.05) is 18.1 Å². The zero-order valence-electron chi connectivity index (χ0n) is 19.2. The number of alkyl halides is 4. The van der Waals surface area contributed by atoms with E-state index in [1.165, 1.54) is 28.3 Å². The third-order valence-corrected chi connectivity index (χ3v) is 5.81. The predicted octanol–water partition coefficient (Wildman–Crippen LogP) is 4.66. The summed E-state index contributed by atoms with van der Waals surface area (Å²) in [7, 11) is 1.45. The Morgan fingerprint density at radius 2 is 1.76 bits per heavy atom. The van der Waals surface area contributed by atoms with E-state index < -0.39 is 23.4 Å². The van der Waals surface area contributed by atoms with Crippen molar-refractivity contribution in [1.29, 1.82) is 0 Å². The van der Waals surface area contributed by atoms with Crippen molar-refractivity contribution in [2.24, 2.45) is 7.05 Å². The van der Waals surface area contributed by atoms with E-state index in [0.29, 0.717) is 5.02 Å². The summed E-state index contributed by atoms with van der Waals surface area (Å²) >= 11 is 9.11. The van der Waals surface area contributed by atoms with Gasteiger partial charge in [-0.15, -0.1) is 13.2 Å². The van der Waals surface area contributed by atoms with E-state index in [9.17, 15) is 22.8 Å². The average Bonchev–Trinajstić information content (AvgIpc) is 3.18. The summed E-state index contributed by atoms with van der Waals surface area (Å²) in [5.41, 5.74) is -0.174. The maximum absolute atomic E-state index is 13.4. The summed E-state index contributed by atoms with van der Waals surface area (Å²) in [6.07, 6.45) is -4.89. The molecule has 0 radical (unpaired) electrons. The Labute approximate surface area is 220 Å². The molecule has 2 aromatic carbocycles. The van der Waals surface area contributed by atoms with E-state index in [1.54, 1.807) is 24.3 Å². The number of aryl methyl sites for hydroxylation is 1. The molecule has 0 amide bonds. The lowest BCUT2D eigenvalue weighted by Gasteiger charge is -2.12. The van der Waals surface area contributed by atoms with Crippen LogP contribution in [-0.4, -0.2) is 37.2 Å². The number of rotatable bonds is 9. The van der Waals surface area contributed by atoms with Crippen LogP contribution in [0.3, 0.4) is 0 Å². The molecule has 0 spiro atoms. The SMILES string of the molecule is Cn1c(=O)n(CCOCBr)c(=O)c2c1nc(Oc1cccc(OC(F)(F)F)c1)n2Cc1ccc(Cl)cc1. The van der Waals surface area contributed by atoms with E-state index in [1.807, 2.05) is 0 Å². The molecule has 0 bridgehead atoms. The van der Waals surface area contributed by atoms with Gasteiger partial charge in [-0.25, -0.2) is 4.79 Å². The van der Waals surface area contributed by atoms with Gasteiger partial charge in [0.1, 0.15) is 17.0 Å². The highest BCUT2D eigenvalue weighted by Gasteiger charge is 2.31. The van der Waals surface area contributed by atoms with Gasteiger partial charge in [-0.3, -0.25) is 18.5 Å². The maximum Gasteiger partial charge on any atom is 0.573 e. The van der Waals surface area contributed by atoms with Crippen molar-refractivity contribution in [2.75, 3.05) is 12.1 Å². The summed E-state index contributed by atoms with van der Waals surface area (Å²) in [4.78, 5) is 30.7. The Morgan fingerprint density at radius 1 is 1.05 bits per heavy atom. The lowest BCUT2D eigenvalue weighted by Crippen LogP contribution is -2.40. The molecule has 14 heteroatoms. The molecular formula is C23H19BrClF3N4O5. The molecule has 0 aliphatic carbocycles. The zero-order chi connectivity index (χ0) is 26.7. The number of benzene rings is 2. The fraction of sp³-hybridized carbons (Fsp3) is 0.261. The van der Waals surface area contributed by atoms with Crippen molar-refractivity contribution >= 4 is 38.7 Å². The van der Waals surface area contributed by atoms with Gasteiger partial charge >= 0.3 is 18.1 Å². The van der Waals surface area contributed by atoms with Gasteiger partial charge < -0.3 is 14.2 Å². The Hall–Kier alpha value is -3.29. The van der Waals surface area contributed by atoms with Crippen molar-refractivity contribution in [3.63, 3.8) is 0 Å². The van der Waals surface area contributed by atoms with Crippen LogP contribution in [0.5, 0.6) is 17.5 Å². The van der Waals surface area contributed by atoms with Crippen molar-refractivity contribution < 1.29 is 27.4 Å². The van der Waals surface area contributed by atoms with Crippen LogP contribution in [0, 0.1) is 0 Å². The largest absolute Gasteiger partial charge is 0.573 e. The highest BCUT2D eigenvalue weighted by molar-refractivity contribution is 9.09. The highest BCUT2D eigenvalue weighted by atomic mass is 79.9. The van der Waals surface area contributed by atoms with Gasteiger partial charge in [-0.1, -0.05) is 45.7 Å². The van der Waals surface area contributed by atoms with Crippen LogP contribution in [0.4, 0.5) is 13.2 Å². The second-order valence-corrected chi connectivity index (χ2v) is 8.61. The minimum absolute atomic E-state index is 0.00775. The first-order valence-electron chi connectivity index (χ1n) is 10.7. The second kappa shape index (κ2) is 11.0. The van der Waals surface area contributed by atoms with Crippen molar-refractivity contribution in [3.05, 3.63) is 80.0 Å². The van der Waals surface area contributed by atoms with E-state index in [-0.39, 0.29) is 48.1 Å². The fourth-order valence-electron chi connectivity index (χ4n) is 3.60. The lowest BCUT2D eigenvalue weighted by atomic mass is 10.2. The molecule has 2 heterocycles. The Morgan fingerprint density at radius 3 is 2.43 bits per heavy atom. The van der Waals surface area contributed by atoms with Crippen LogP contribution in [0.1, 0.15) is 5.56 Å². The van der Waals surface area contributed by atoms with E-state index in [2.05, 4.69) is 25.7 Å². The van der Waals surface area contributed by atoms with E-state index in [4.69, 9.17) is 21.1 Å². The fourth-order valence-corrected chi connectivity index (χ4v) is 3.95. The number of aromatic nitrogens is 4. The van der Waals surface area contributed by atoms with Gasteiger partial charge in [-0.2, -0.15) is 4.98 Å². The number of hydrogen-bond acceptors (Lipinski definition) is 6. The van der Waals surface area contributed by atoms with Gasteiger partial charge in [0.25, 0.3) is 5.56 Å². The predicted molar refractivity (Wildman–Crippen MR) is 133 cm³/mol. The van der Waals surface area contributed by atoms with Gasteiger partial charge in [0.15, 0.2) is 11.2 Å². The highest BCUT2D eigenvalue weighted by Crippen LogP contribution is 2.30. The third kappa shape index (κ3) is 6.17. The normalized spacial score (nSPS) is 11.7. The van der Waals surface area contributed by atoms with Crippen LogP contribution in [-0.2, 0) is 24.9 Å². The van der Waals surface area contributed by atoms with Crippen LogP contribution in [0.15, 0.2) is 58.1 Å². The van der Waals surface area contributed by atoms with E-state index >= 15 is 0 Å². The molecule has 196 valence electrons. The summed E-state index contributed by atoms with van der Waals surface area (Å²) in [6, 6.07) is 11.6. The molecule has 0 fully saturated rings. The van der Waals surface area contributed by atoms with Crippen LogP contribution >= 0.6 is 27.5 Å². The second-order valence-electron chi connectivity index (χ2n) is 7.72. The number of halogens is 5. The Kier molecular flexibility index (Phi) is 7.95. The standard InChI is InChI=1S/C23H19BrClF3N4O5/c1-30-19-18(20(33)31(22(30)34)9-10-35-13-24)32(12-14-5-7-15(25)8-6-14)21(29-19)36-16-3-2-4-17(11-16)37-23(26,27)28/h2-8,11H,9-10,12-13H2,1H3. The lowest BCUT2D eigenvalue weighted by molar-refractivity contribution is -0.274. The van der Waals surface area contributed by atoms with E-state index in [0.717, 1.165) is 22.3 Å². The summed E-state index contributed by atoms with van der Waals surface area (Å²) < 4.78 is 56.7. The molecule has 9 nitrogen and oxygen atoms in total. The molecular weight excluding hydrogens is 585 g/mol. The van der Waals surface area contributed by atoms with Crippen LogP contribution in [0.2, 0.25) is 5.02 Å². The topological polar surface area (TPSA) is 89.5 Å². The van der Waals surface area contributed by atoms with Crippen molar-refractivity contribution in [2.45, 2.75) is 19.5 Å². The first-order chi connectivity index (χ1) is 17.6.